The molecular formula is C14H21NO3. The molecule has 0 unspecified atom stereocenters. The lowest BCUT2D eigenvalue weighted by molar-refractivity contribution is -0.139. The average Bonchev–Trinajstić information content (AvgIpc) is 2.40. The van der Waals surface area contributed by atoms with Gasteiger partial charge in [-0.05, 0) is 32.5 Å². The molecule has 0 spiro atoms. The van der Waals surface area contributed by atoms with Gasteiger partial charge in [-0.3, -0.25) is 4.79 Å². The maximum absolute atomic E-state index is 11.3. The number of carbonyl (C=O) groups is 1. The Labute approximate surface area is 108 Å². The summed E-state index contributed by atoms with van der Waals surface area (Å²) < 4.78 is 10.4. The van der Waals surface area contributed by atoms with Crippen molar-refractivity contribution in [3.05, 3.63) is 29.8 Å². The summed E-state index contributed by atoms with van der Waals surface area (Å²) in [5.74, 6) is 0.522. The number of esters is 1. The highest BCUT2D eigenvalue weighted by molar-refractivity contribution is 5.73. The molecule has 0 radical (unpaired) electrons. The monoisotopic (exact) mass is 251 g/mol. The van der Waals surface area contributed by atoms with Crippen molar-refractivity contribution in [3.63, 3.8) is 0 Å². The number of hydrogen-bond acceptors (Lipinski definition) is 4. The lowest BCUT2D eigenvalue weighted by Gasteiger charge is -2.10. The number of methoxy groups -OCH3 is 1. The number of unbranched alkanes of at least 4 members (excludes halogenated alkanes) is 1. The van der Waals surface area contributed by atoms with Crippen LogP contribution in [0.1, 0.15) is 18.4 Å². The predicted molar refractivity (Wildman–Crippen MR) is 70.8 cm³/mol. The summed E-state index contributed by atoms with van der Waals surface area (Å²) in [4.78, 5) is 11.3. The van der Waals surface area contributed by atoms with Gasteiger partial charge < -0.3 is 14.8 Å². The summed E-state index contributed by atoms with van der Waals surface area (Å²) in [6.07, 6.45) is 2.33. The molecule has 100 valence electrons. The highest BCUT2D eigenvalue weighted by atomic mass is 16.5. The van der Waals surface area contributed by atoms with Crippen LogP contribution in [0, 0.1) is 0 Å². The van der Waals surface area contributed by atoms with Gasteiger partial charge in [0, 0.05) is 5.56 Å². The number of rotatable bonds is 8. The van der Waals surface area contributed by atoms with Gasteiger partial charge in [-0.2, -0.15) is 0 Å². The first kappa shape index (κ1) is 14.5. The van der Waals surface area contributed by atoms with Crippen LogP contribution in [0.25, 0.3) is 0 Å². The fourth-order valence-corrected chi connectivity index (χ4v) is 1.60. The first-order chi connectivity index (χ1) is 8.77. The van der Waals surface area contributed by atoms with Crippen LogP contribution in [0.15, 0.2) is 24.3 Å². The molecular weight excluding hydrogens is 230 g/mol. The van der Waals surface area contributed by atoms with Gasteiger partial charge in [0.05, 0.1) is 20.1 Å². The summed E-state index contributed by atoms with van der Waals surface area (Å²) in [6, 6.07) is 7.58. The molecule has 18 heavy (non-hydrogen) atoms. The topological polar surface area (TPSA) is 47.6 Å². The summed E-state index contributed by atoms with van der Waals surface area (Å²) in [6.45, 7) is 1.66. The van der Waals surface area contributed by atoms with Crippen LogP contribution in [-0.2, 0) is 16.0 Å². The lowest BCUT2D eigenvalue weighted by atomic mass is 10.1. The SMILES string of the molecule is CNCCCCOc1ccccc1CC(=O)OC. The Hall–Kier alpha value is -1.55. The molecule has 0 amide bonds. The van der Waals surface area contributed by atoms with Gasteiger partial charge in [-0.15, -0.1) is 0 Å². The largest absolute Gasteiger partial charge is 0.493 e. The number of hydrogen-bond donors (Lipinski definition) is 1. The molecule has 1 rings (SSSR count). The highest BCUT2D eigenvalue weighted by Gasteiger charge is 2.08. The standard InChI is InChI=1S/C14H21NO3/c1-15-9-5-6-10-18-13-8-4-3-7-12(13)11-14(16)17-2/h3-4,7-8,15H,5-6,9-11H2,1-2H3. The molecule has 0 saturated carbocycles. The molecule has 1 aromatic carbocycles. The Balaban J connectivity index is 2.46. The smallest absolute Gasteiger partial charge is 0.310 e. The maximum Gasteiger partial charge on any atom is 0.310 e. The molecule has 4 nitrogen and oxygen atoms in total. The van der Waals surface area contributed by atoms with Gasteiger partial charge in [-0.1, -0.05) is 18.2 Å². The number of benzene rings is 1. The predicted octanol–water partition coefficient (Wildman–Crippen LogP) is 1.78. The van der Waals surface area contributed by atoms with Crippen LogP contribution in [0.3, 0.4) is 0 Å². The van der Waals surface area contributed by atoms with E-state index in [9.17, 15) is 4.79 Å². The van der Waals surface area contributed by atoms with Crippen molar-refractivity contribution in [1.82, 2.24) is 5.32 Å². The minimum Gasteiger partial charge on any atom is -0.493 e. The summed E-state index contributed by atoms with van der Waals surface area (Å²) in [5, 5.41) is 3.09. The summed E-state index contributed by atoms with van der Waals surface area (Å²) in [7, 11) is 3.33. The molecule has 0 aliphatic heterocycles. The highest BCUT2D eigenvalue weighted by Crippen LogP contribution is 2.19. The number of para-hydroxylation sites is 1. The van der Waals surface area contributed by atoms with E-state index in [2.05, 4.69) is 10.1 Å². The zero-order chi connectivity index (χ0) is 13.2. The fraction of sp³-hybridized carbons (Fsp3) is 0.500. The molecule has 0 heterocycles. The Bertz CT molecular complexity index is 366. The van der Waals surface area contributed by atoms with E-state index in [1.165, 1.54) is 7.11 Å². The lowest BCUT2D eigenvalue weighted by Crippen LogP contribution is -2.10. The van der Waals surface area contributed by atoms with Crippen LogP contribution in [-0.4, -0.2) is 33.3 Å². The van der Waals surface area contributed by atoms with E-state index >= 15 is 0 Å². The van der Waals surface area contributed by atoms with Crippen molar-refractivity contribution in [1.29, 1.82) is 0 Å². The Morgan fingerprint density at radius 2 is 2.06 bits per heavy atom. The summed E-state index contributed by atoms with van der Waals surface area (Å²) in [5.41, 5.74) is 0.873. The van der Waals surface area contributed by atoms with Crippen molar-refractivity contribution in [2.45, 2.75) is 19.3 Å². The molecule has 0 aliphatic carbocycles. The molecule has 0 aromatic heterocycles. The normalized spacial score (nSPS) is 10.1. The zero-order valence-electron chi connectivity index (χ0n) is 11.1. The van der Waals surface area contributed by atoms with E-state index in [4.69, 9.17) is 4.74 Å². The van der Waals surface area contributed by atoms with Crippen LogP contribution in [0.4, 0.5) is 0 Å². The third kappa shape index (κ3) is 5.19. The minimum absolute atomic E-state index is 0.249. The van der Waals surface area contributed by atoms with E-state index in [0.717, 1.165) is 30.7 Å². The van der Waals surface area contributed by atoms with E-state index in [0.29, 0.717) is 6.61 Å². The average molecular weight is 251 g/mol. The number of ether oxygens (including phenoxy) is 2. The van der Waals surface area contributed by atoms with Crippen LogP contribution >= 0.6 is 0 Å². The molecule has 4 heteroatoms. The number of carbonyl (C=O) groups excluding carboxylic acids is 1. The quantitative estimate of drug-likeness (QED) is 0.565. The second-order valence-corrected chi connectivity index (χ2v) is 4.02. The van der Waals surface area contributed by atoms with Crippen molar-refractivity contribution >= 4 is 5.97 Å². The summed E-state index contributed by atoms with van der Waals surface area (Å²) >= 11 is 0. The second kappa shape index (κ2) is 8.53. The molecule has 0 bridgehead atoms. The molecule has 0 fully saturated rings. The van der Waals surface area contributed by atoms with E-state index in [1.807, 2.05) is 31.3 Å². The van der Waals surface area contributed by atoms with Crippen LogP contribution in [0.5, 0.6) is 5.75 Å². The van der Waals surface area contributed by atoms with Gasteiger partial charge in [0.15, 0.2) is 0 Å². The van der Waals surface area contributed by atoms with E-state index in [1.54, 1.807) is 0 Å². The van der Waals surface area contributed by atoms with E-state index in [-0.39, 0.29) is 12.4 Å². The molecule has 1 aromatic rings. The molecule has 0 atom stereocenters. The molecule has 0 aliphatic rings. The van der Waals surface area contributed by atoms with Crippen molar-refractivity contribution in [2.24, 2.45) is 0 Å². The van der Waals surface area contributed by atoms with Crippen molar-refractivity contribution in [2.75, 3.05) is 27.3 Å². The Morgan fingerprint density at radius 3 is 2.78 bits per heavy atom. The van der Waals surface area contributed by atoms with Crippen molar-refractivity contribution in [3.8, 4) is 5.75 Å². The maximum atomic E-state index is 11.3. The van der Waals surface area contributed by atoms with Gasteiger partial charge in [-0.25, -0.2) is 0 Å². The third-order valence-corrected chi connectivity index (χ3v) is 2.61. The molecule has 0 saturated heterocycles. The third-order valence-electron chi connectivity index (χ3n) is 2.61. The minimum atomic E-state index is -0.249. The van der Waals surface area contributed by atoms with Gasteiger partial charge in [0.1, 0.15) is 5.75 Å². The van der Waals surface area contributed by atoms with E-state index < -0.39 is 0 Å². The fourth-order valence-electron chi connectivity index (χ4n) is 1.60. The zero-order valence-corrected chi connectivity index (χ0v) is 11.1. The number of nitrogens with one attached hydrogen (secondary N) is 1. The van der Waals surface area contributed by atoms with Gasteiger partial charge in [0.2, 0.25) is 0 Å². The van der Waals surface area contributed by atoms with Crippen LogP contribution < -0.4 is 10.1 Å². The van der Waals surface area contributed by atoms with Gasteiger partial charge in [0.25, 0.3) is 0 Å². The first-order valence-electron chi connectivity index (χ1n) is 6.20. The Kier molecular flexibility index (Phi) is 6.87. The van der Waals surface area contributed by atoms with Gasteiger partial charge >= 0.3 is 5.97 Å². The molecule has 1 N–H and O–H groups in total. The van der Waals surface area contributed by atoms with Crippen LogP contribution in [0.2, 0.25) is 0 Å². The first-order valence-corrected chi connectivity index (χ1v) is 6.20. The van der Waals surface area contributed by atoms with Crippen molar-refractivity contribution < 1.29 is 14.3 Å². The Morgan fingerprint density at radius 1 is 1.28 bits per heavy atom. The second-order valence-electron chi connectivity index (χ2n) is 4.02.